The van der Waals surface area contributed by atoms with Gasteiger partial charge in [0.05, 0.1) is 16.6 Å². The molecule has 1 aliphatic carbocycles. The Morgan fingerprint density at radius 2 is 2.17 bits per heavy atom. The maximum absolute atomic E-state index is 13.0. The summed E-state index contributed by atoms with van der Waals surface area (Å²) >= 11 is 6.11. The van der Waals surface area contributed by atoms with Gasteiger partial charge < -0.3 is 9.80 Å². The van der Waals surface area contributed by atoms with E-state index in [1.165, 1.54) is 23.7 Å². The van der Waals surface area contributed by atoms with Crippen molar-refractivity contribution in [1.82, 2.24) is 19.6 Å². The predicted octanol–water partition coefficient (Wildman–Crippen LogP) is 1.94. The molecule has 1 unspecified atom stereocenters. The number of nitrogens with zero attached hydrogens (tertiary/aromatic N) is 4. The summed E-state index contributed by atoms with van der Waals surface area (Å²) in [5.41, 5.74) is 0.0280. The summed E-state index contributed by atoms with van der Waals surface area (Å²) in [6, 6.07) is 0. The highest BCUT2D eigenvalue weighted by Crippen LogP contribution is 2.42. The molecule has 1 aromatic rings. The third-order valence-corrected chi connectivity index (χ3v) is 6.01. The van der Waals surface area contributed by atoms with E-state index in [-0.39, 0.29) is 17.2 Å². The van der Waals surface area contributed by atoms with Crippen molar-refractivity contribution >= 4 is 23.4 Å². The summed E-state index contributed by atoms with van der Waals surface area (Å²) in [5, 5.41) is 4.41. The van der Waals surface area contributed by atoms with Crippen molar-refractivity contribution in [2.45, 2.75) is 32.1 Å². The normalized spacial score (nSPS) is 27.3. The second kappa shape index (κ2) is 5.76. The maximum atomic E-state index is 13.0. The molecule has 1 aromatic heterocycles. The Bertz CT molecular complexity index is 665. The molecule has 2 aliphatic heterocycles. The summed E-state index contributed by atoms with van der Waals surface area (Å²) < 4.78 is 1.51. The number of aromatic nitrogens is 2. The first-order valence-electron chi connectivity index (χ1n) is 8.76. The second-order valence-corrected chi connectivity index (χ2v) is 7.93. The number of piperidine rings is 1. The van der Waals surface area contributed by atoms with Crippen molar-refractivity contribution in [3.63, 3.8) is 0 Å². The Labute approximate surface area is 146 Å². The lowest BCUT2D eigenvalue weighted by atomic mass is 9.78. The minimum atomic E-state index is -0.381. The van der Waals surface area contributed by atoms with E-state index in [4.69, 9.17) is 11.6 Å². The van der Waals surface area contributed by atoms with Gasteiger partial charge in [-0.05, 0) is 38.0 Å². The van der Waals surface area contributed by atoms with Gasteiger partial charge >= 0.3 is 0 Å². The Morgan fingerprint density at radius 3 is 2.83 bits per heavy atom. The highest BCUT2D eigenvalue weighted by atomic mass is 35.5. The molecule has 3 fully saturated rings. The van der Waals surface area contributed by atoms with E-state index in [2.05, 4.69) is 5.10 Å². The number of rotatable bonds is 3. The first-order chi connectivity index (χ1) is 11.5. The minimum Gasteiger partial charge on any atom is -0.342 e. The van der Waals surface area contributed by atoms with E-state index in [1.54, 1.807) is 11.9 Å². The lowest BCUT2D eigenvalue weighted by Crippen LogP contribution is -2.51. The van der Waals surface area contributed by atoms with Gasteiger partial charge in [0.1, 0.15) is 5.69 Å². The zero-order valence-corrected chi connectivity index (χ0v) is 14.8. The molecule has 0 aromatic carbocycles. The van der Waals surface area contributed by atoms with Crippen molar-refractivity contribution < 1.29 is 9.59 Å². The van der Waals surface area contributed by atoms with Crippen LogP contribution in [0.3, 0.4) is 0 Å². The summed E-state index contributed by atoms with van der Waals surface area (Å²) in [5.74, 6) is 0.840. The Balaban J connectivity index is 1.50. The van der Waals surface area contributed by atoms with Gasteiger partial charge in [0.25, 0.3) is 5.91 Å². The first-order valence-corrected chi connectivity index (χ1v) is 9.14. The third-order valence-electron chi connectivity index (χ3n) is 5.74. The van der Waals surface area contributed by atoms with E-state index in [0.29, 0.717) is 29.7 Å². The number of hydrogen-bond acceptors (Lipinski definition) is 3. The Morgan fingerprint density at radius 1 is 1.38 bits per heavy atom. The fourth-order valence-electron chi connectivity index (χ4n) is 4.16. The van der Waals surface area contributed by atoms with E-state index in [0.717, 1.165) is 32.4 Å². The fourth-order valence-corrected chi connectivity index (χ4v) is 4.41. The first kappa shape index (κ1) is 15.9. The van der Waals surface area contributed by atoms with Gasteiger partial charge in [0.2, 0.25) is 5.91 Å². The highest BCUT2D eigenvalue weighted by molar-refractivity contribution is 6.33. The molecule has 24 heavy (non-hydrogen) atoms. The van der Waals surface area contributed by atoms with Crippen LogP contribution in [0.2, 0.25) is 5.02 Å². The Kier molecular flexibility index (Phi) is 3.82. The molecule has 3 aliphatic rings. The number of carbonyl (C=O) groups is 2. The van der Waals surface area contributed by atoms with Crippen molar-refractivity contribution in [3.8, 4) is 0 Å². The average molecular weight is 351 g/mol. The van der Waals surface area contributed by atoms with Gasteiger partial charge in [-0.2, -0.15) is 5.10 Å². The lowest BCUT2D eigenvalue weighted by molar-refractivity contribution is -0.145. The maximum Gasteiger partial charge on any atom is 0.273 e. The van der Waals surface area contributed by atoms with Crippen LogP contribution >= 0.6 is 11.6 Å². The number of likely N-dealkylation sites (tertiary alicyclic amines) is 2. The predicted molar refractivity (Wildman–Crippen MR) is 89.7 cm³/mol. The smallest absolute Gasteiger partial charge is 0.273 e. The molecule has 1 saturated carbocycles. The minimum absolute atomic E-state index is 0.121. The van der Waals surface area contributed by atoms with Crippen LogP contribution < -0.4 is 0 Å². The van der Waals surface area contributed by atoms with Gasteiger partial charge in [-0.25, -0.2) is 0 Å². The SMILES string of the molecule is Cn1ncc(Cl)c1C(=O)N1CCC2(CCCN(CC3CC3)C2=O)C1. The second-order valence-electron chi connectivity index (χ2n) is 7.52. The lowest BCUT2D eigenvalue weighted by Gasteiger charge is -2.39. The largest absolute Gasteiger partial charge is 0.342 e. The Hall–Kier alpha value is -1.56. The van der Waals surface area contributed by atoms with Gasteiger partial charge in [-0.1, -0.05) is 11.6 Å². The number of halogens is 1. The van der Waals surface area contributed by atoms with Gasteiger partial charge in [0.15, 0.2) is 0 Å². The van der Waals surface area contributed by atoms with Crippen LogP contribution in [0.1, 0.15) is 42.6 Å². The summed E-state index contributed by atoms with van der Waals surface area (Å²) in [6.07, 6.45) is 6.67. The van der Waals surface area contributed by atoms with Crippen LogP contribution in [0.5, 0.6) is 0 Å². The van der Waals surface area contributed by atoms with Crippen molar-refractivity contribution in [3.05, 3.63) is 16.9 Å². The van der Waals surface area contributed by atoms with E-state index < -0.39 is 0 Å². The average Bonchev–Trinajstić information content (AvgIpc) is 3.17. The molecule has 6 nitrogen and oxygen atoms in total. The highest BCUT2D eigenvalue weighted by Gasteiger charge is 2.50. The molecule has 3 heterocycles. The van der Waals surface area contributed by atoms with Crippen LogP contribution in [-0.4, -0.2) is 57.6 Å². The molecular weight excluding hydrogens is 328 g/mol. The van der Waals surface area contributed by atoms with Crippen molar-refractivity contribution in [2.24, 2.45) is 18.4 Å². The molecular formula is C17H23ClN4O2. The number of hydrogen-bond donors (Lipinski definition) is 0. The summed E-state index contributed by atoms with van der Waals surface area (Å²) in [4.78, 5) is 29.7. The monoisotopic (exact) mass is 350 g/mol. The summed E-state index contributed by atoms with van der Waals surface area (Å²) in [6.45, 7) is 2.90. The molecule has 7 heteroatoms. The molecule has 0 N–H and O–H groups in total. The van der Waals surface area contributed by atoms with Crippen molar-refractivity contribution in [2.75, 3.05) is 26.2 Å². The summed E-state index contributed by atoms with van der Waals surface area (Å²) in [7, 11) is 1.72. The zero-order chi connectivity index (χ0) is 16.9. The van der Waals surface area contributed by atoms with Gasteiger partial charge in [-0.3, -0.25) is 14.3 Å². The zero-order valence-electron chi connectivity index (χ0n) is 14.0. The van der Waals surface area contributed by atoms with Gasteiger partial charge in [-0.15, -0.1) is 0 Å². The van der Waals surface area contributed by atoms with Gasteiger partial charge in [0, 0.05) is 33.2 Å². The topological polar surface area (TPSA) is 58.4 Å². The number of carbonyl (C=O) groups excluding carboxylic acids is 2. The van der Waals surface area contributed by atoms with Crippen LogP contribution in [0.15, 0.2) is 6.20 Å². The van der Waals surface area contributed by atoms with Crippen LogP contribution in [0, 0.1) is 11.3 Å². The number of aryl methyl sites for hydroxylation is 1. The molecule has 1 atom stereocenters. The molecule has 0 bridgehead atoms. The van der Waals surface area contributed by atoms with Crippen LogP contribution in [0.4, 0.5) is 0 Å². The van der Waals surface area contributed by atoms with E-state index in [9.17, 15) is 9.59 Å². The third kappa shape index (κ3) is 2.61. The quantitative estimate of drug-likeness (QED) is 0.837. The molecule has 2 amide bonds. The van der Waals surface area contributed by atoms with Crippen LogP contribution in [0.25, 0.3) is 0 Å². The van der Waals surface area contributed by atoms with Crippen LogP contribution in [-0.2, 0) is 11.8 Å². The van der Waals surface area contributed by atoms with E-state index >= 15 is 0 Å². The number of amides is 2. The molecule has 4 rings (SSSR count). The molecule has 1 spiro atoms. The molecule has 0 radical (unpaired) electrons. The standard InChI is InChI=1S/C17H23ClN4O2/c1-20-14(13(18)9-19-20)15(23)22-8-6-17(11-22)5-2-7-21(16(17)24)10-12-3-4-12/h9,12H,2-8,10-11H2,1H3. The van der Waals surface area contributed by atoms with E-state index in [1.807, 2.05) is 4.90 Å². The fraction of sp³-hybridized carbons (Fsp3) is 0.706. The van der Waals surface area contributed by atoms with Crippen molar-refractivity contribution in [1.29, 1.82) is 0 Å². The molecule has 130 valence electrons. The molecule has 2 saturated heterocycles.